The number of carbonyl (C=O) groups is 1. The van der Waals surface area contributed by atoms with Gasteiger partial charge in [0.05, 0.1) is 6.20 Å². The number of hydrogen-bond donors (Lipinski definition) is 2. The monoisotopic (exact) mass is 509 g/mol. The molecular formula is C22H18F3N3O6S. The molecule has 0 saturated heterocycles. The second-order valence-electron chi connectivity index (χ2n) is 7.40. The van der Waals surface area contributed by atoms with E-state index in [0.29, 0.717) is 12.0 Å². The Bertz CT molecular complexity index is 1320. The molecule has 184 valence electrons. The van der Waals surface area contributed by atoms with Gasteiger partial charge in [-0.2, -0.15) is 4.31 Å². The van der Waals surface area contributed by atoms with E-state index in [9.17, 15) is 31.6 Å². The number of halogens is 3. The zero-order valence-corrected chi connectivity index (χ0v) is 18.6. The summed E-state index contributed by atoms with van der Waals surface area (Å²) in [5.74, 6) is -1.19. The minimum atomic E-state index is -4.82. The summed E-state index contributed by atoms with van der Waals surface area (Å²) in [5, 5.41) is 9.20. The van der Waals surface area contributed by atoms with Gasteiger partial charge in [0.1, 0.15) is 22.4 Å². The van der Waals surface area contributed by atoms with Crippen LogP contribution < -0.4 is 15.0 Å². The number of alkyl halides is 3. The molecule has 1 amide bonds. The van der Waals surface area contributed by atoms with Gasteiger partial charge in [-0.25, -0.2) is 18.9 Å². The highest BCUT2D eigenvalue weighted by molar-refractivity contribution is 7.89. The molecule has 1 unspecified atom stereocenters. The van der Waals surface area contributed by atoms with Gasteiger partial charge in [0, 0.05) is 12.6 Å². The summed E-state index contributed by atoms with van der Waals surface area (Å²) in [6, 6.07) is 12.7. The number of benzene rings is 2. The van der Waals surface area contributed by atoms with Gasteiger partial charge in [0.25, 0.3) is 5.91 Å². The molecule has 2 heterocycles. The number of pyridine rings is 1. The molecule has 2 N–H and O–H groups in total. The largest absolute Gasteiger partial charge is 0.573 e. The maximum Gasteiger partial charge on any atom is 0.573 e. The molecule has 0 spiro atoms. The molecule has 13 heteroatoms. The van der Waals surface area contributed by atoms with Crippen LogP contribution >= 0.6 is 0 Å². The van der Waals surface area contributed by atoms with Crippen molar-refractivity contribution in [1.29, 1.82) is 0 Å². The molecule has 3 aromatic rings. The van der Waals surface area contributed by atoms with Crippen molar-refractivity contribution >= 4 is 15.9 Å². The van der Waals surface area contributed by atoms with E-state index in [1.54, 1.807) is 24.3 Å². The molecule has 0 saturated carbocycles. The van der Waals surface area contributed by atoms with Crippen LogP contribution in [0.15, 0.2) is 71.8 Å². The number of nitrogens with zero attached hydrogens (tertiary/aromatic N) is 2. The fourth-order valence-electron chi connectivity index (χ4n) is 3.68. The van der Waals surface area contributed by atoms with E-state index in [4.69, 9.17) is 4.74 Å². The van der Waals surface area contributed by atoms with Gasteiger partial charge in [-0.15, -0.1) is 13.2 Å². The molecule has 1 aromatic heterocycles. The fraction of sp³-hybridized carbons (Fsp3) is 0.182. The summed E-state index contributed by atoms with van der Waals surface area (Å²) in [5.41, 5.74) is 2.78. The number of carbonyl (C=O) groups excluding carboxylic acids is 1. The standard InChI is InChI=1S/C22H18F3N3O6S/c23-22(24,25)34-16-7-5-15(6-8-16)33-19-10-9-17(13-26-19)35(31,32)28-12-11-14-3-1-2-4-18(14)20(28)21(29)27-30/h1-10,13,20,30H,11-12H2,(H,27,29). The first-order chi connectivity index (χ1) is 16.6. The van der Waals surface area contributed by atoms with Gasteiger partial charge in [-0.05, 0) is 47.9 Å². The van der Waals surface area contributed by atoms with Gasteiger partial charge in [0.2, 0.25) is 15.9 Å². The summed E-state index contributed by atoms with van der Waals surface area (Å²) >= 11 is 0. The van der Waals surface area contributed by atoms with Crippen molar-refractivity contribution in [2.24, 2.45) is 0 Å². The maximum atomic E-state index is 13.3. The third-order valence-corrected chi connectivity index (χ3v) is 7.04. The van der Waals surface area contributed by atoms with E-state index >= 15 is 0 Å². The van der Waals surface area contributed by atoms with Crippen LogP contribution in [0, 0.1) is 0 Å². The van der Waals surface area contributed by atoms with Crippen LogP contribution in [0.1, 0.15) is 17.2 Å². The van der Waals surface area contributed by atoms with Gasteiger partial charge < -0.3 is 9.47 Å². The first-order valence-electron chi connectivity index (χ1n) is 10.1. The van der Waals surface area contributed by atoms with Crippen molar-refractivity contribution in [2.45, 2.75) is 23.7 Å². The molecular weight excluding hydrogens is 491 g/mol. The third-order valence-electron chi connectivity index (χ3n) is 5.19. The zero-order valence-electron chi connectivity index (χ0n) is 17.8. The second-order valence-corrected chi connectivity index (χ2v) is 9.29. The highest BCUT2D eigenvalue weighted by Crippen LogP contribution is 2.35. The summed E-state index contributed by atoms with van der Waals surface area (Å²) in [6.07, 6.45) is -3.41. The van der Waals surface area contributed by atoms with Crippen molar-refractivity contribution < 1.29 is 41.1 Å². The Balaban J connectivity index is 1.54. The van der Waals surface area contributed by atoms with Gasteiger partial charge >= 0.3 is 6.36 Å². The average molecular weight is 509 g/mol. The quantitative estimate of drug-likeness (QED) is 0.385. The molecule has 4 rings (SSSR count). The Hall–Kier alpha value is -3.68. The Morgan fingerprint density at radius 2 is 1.74 bits per heavy atom. The molecule has 0 bridgehead atoms. The number of nitrogens with one attached hydrogen (secondary N) is 1. The smallest absolute Gasteiger partial charge is 0.439 e. The normalized spacial score (nSPS) is 16.3. The molecule has 0 fully saturated rings. The summed E-state index contributed by atoms with van der Waals surface area (Å²) in [7, 11) is -4.20. The topological polar surface area (TPSA) is 118 Å². The minimum Gasteiger partial charge on any atom is -0.439 e. The van der Waals surface area contributed by atoms with Gasteiger partial charge in [-0.3, -0.25) is 10.0 Å². The molecule has 0 radical (unpaired) electrons. The van der Waals surface area contributed by atoms with E-state index < -0.39 is 34.1 Å². The van der Waals surface area contributed by atoms with Crippen LogP contribution in [0.25, 0.3) is 0 Å². The van der Waals surface area contributed by atoms with Crippen LogP contribution in [0.4, 0.5) is 13.2 Å². The third kappa shape index (κ3) is 5.37. The molecule has 1 aliphatic rings. The molecule has 9 nitrogen and oxygen atoms in total. The van der Waals surface area contributed by atoms with E-state index in [1.165, 1.54) is 29.7 Å². The van der Waals surface area contributed by atoms with Crippen LogP contribution in [0.3, 0.4) is 0 Å². The van der Waals surface area contributed by atoms with Crippen molar-refractivity contribution in [3.63, 3.8) is 0 Å². The lowest BCUT2D eigenvalue weighted by atomic mass is 9.94. The lowest BCUT2D eigenvalue weighted by Crippen LogP contribution is -2.46. The maximum absolute atomic E-state index is 13.3. The molecule has 1 aliphatic heterocycles. The lowest BCUT2D eigenvalue weighted by Gasteiger charge is -2.34. The van der Waals surface area contributed by atoms with E-state index in [-0.39, 0.29) is 23.1 Å². The predicted octanol–water partition coefficient (Wildman–Crippen LogP) is 3.57. The minimum absolute atomic E-state index is 0.00201. The number of hydrogen-bond acceptors (Lipinski definition) is 7. The first kappa shape index (κ1) is 24.4. The number of sulfonamides is 1. The molecule has 35 heavy (non-hydrogen) atoms. The number of hydroxylamine groups is 1. The van der Waals surface area contributed by atoms with Crippen LogP contribution in [0.5, 0.6) is 17.4 Å². The van der Waals surface area contributed by atoms with Crippen LogP contribution in [-0.2, 0) is 21.2 Å². The van der Waals surface area contributed by atoms with Gasteiger partial charge in [0.15, 0.2) is 0 Å². The molecule has 0 aliphatic carbocycles. The predicted molar refractivity (Wildman–Crippen MR) is 114 cm³/mol. The van der Waals surface area contributed by atoms with Crippen molar-refractivity contribution in [1.82, 2.24) is 14.8 Å². The number of fused-ring (bicyclic) bond motifs is 1. The highest BCUT2D eigenvalue weighted by Gasteiger charge is 2.40. The van der Waals surface area contributed by atoms with Crippen molar-refractivity contribution in [3.05, 3.63) is 78.0 Å². The molecule has 2 aromatic carbocycles. The Labute approximate surface area is 197 Å². The second kappa shape index (κ2) is 9.52. The zero-order chi connectivity index (χ0) is 25.2. The number of aromatic nitrogens is 1. The summed E-state index contributed by atoms with van der Waals surface area (Å²) in [4.78, 5) is 16.1. The Kier molecular flexibility index (Phi) is 6.65. The number of amides is 1. The Morgan fingerprint density at radius 1 is 1.06 bits per heavy atom. The van der Waals surface area contributed by atoms with E-state index in [0.717, 1.165) is 28.2 Å². The van der Waals surface area contributed by atoms with Crippen molar-refractivity contribution in [3.8, 4) is 17.4 Å². The average Bonchev–Trinajstić information content (AvgIpc) is 2.83. The van der Waals surface area contributed by atoms with Crippen molar-refractivity contribution in [2.75, 3.05) is 6.54 Å². The SMILES string of the molecule is O=C(NO)C1c2ccccc2CCN1S(=O)(=O)c1ccc(Oc2ccc(OC(F)(F)F)cc2)nc1. The molecule has 1 atom stereocenters. The fourth-order valence-corrected chi connectivity index (χ4v) is 5.20. The first-order valence-corrected chi connectivity index (χ1v) is 11.6. The van der Waals surface area contributed by atoms with E-state index in [2.05, 4.69) is 9.72 Å². The summed E-state index contributed by atoms with van der Waals surface area (Å²) in [6.45, 7) is 0.00201. The van der Waals surface area contributed by atoms with Gasteiger partial charge in [-0.1, -0.05) is 24.3 Å². The summed E-state index contributed by atoms with van der Waals surface area (Å²) < 4.78 is 73.7. The number of rotatable bonds is 6. The van der Waals surface area contributed by atoms with E-state index in [1.807, 2.05) is 0 Å². The number of ether oxygens (including phenoxy) is 2. The lowest BCUT2D eigenvalue weighted by molar-refractivity contribution is -0.274. The Morgan fingerprint density at radius 3 is 2.37 bits per heavy atom. The highest BCUT2D eigenvalue weighted by atomic mass is 32.2. The van der Waals surface area contributed by atoms with Crippen LogP contribution in [-0.4, -0.2) is 41.7 Å². The van der Waals surface area contributed by atoms with Crippen LogP contribution in [0.2, 0.25) is 0 Å².